The normalized spacial score (nSPS) is 14.1. The average molecular weight is 218 g/mol. The molecular formula is C9H18N2O4. The molecule has 0 rings (SSSR count). The Morgan fingerprint density at radius 1 is 1.00 bits per heavy atom. The van der Waals surface area contributed by atoms with Crippen LogP contribution in [0, 0.1) is 0 Å². The molecule has 0 spiro atoms. The molecule has 6 nitrogen and oxygen atoms in total. The molecule has 0 aromatic carbocycles. The number of carbonyl (C=O) groups excluding carboxylic acids is 2. The molecule has 6 heteroatoms. The molecule has 0 heterocycles. The van der Waals surface area contributed by atoms with E-state index in [0.717, 1.165) is 0 Å². The zero-order valence-electron chi connectivity index (χ0n) is 9.06. The molecule has 4 N–H and O–H groups in total. The number of ether oxygens (including phenoxy) is 2. The number of carbonyl (C=O) groups is 2. The van der Waals surface area contributed by atoms with Crippen molar-refractivity contribution in [2.75, 3.05) is 14.2 Å². The highest BCUT2D eigenvalue weighted by Gasteiger charge is 2.16. The van der Waals surface area contributed by atoms with Crippen molar-refractivity contribution in [3.8, 4) is 0 Å². The highest BCUT2D eigenvalue weighted by Crippen LogP contribution is 2.03. The van der Waals surface area contributed by atoms with Crippen molar-refractivity contribution in [2.45, 2.75) is 31.3 Å². The SMILES string of the molecule is COC(=O)[C@@H](N)CCC[C@H](N)C(=O)OC. The Morgan fingerprint density at radius 3 is 1.60 bits per heavy atom. The minimum Gasteiger partial charge on any atom is -0.468 e. The molecule has 15 heavy (non-hydrogen) atoms. The van der Waals surface area contributed by atoms with Gasteiger partial charge in [0.2, 0.25) is 0 Å². The zero-order valence-corrected chi connectivity index (χ0v) is 9.06. The second-order valence-corrected chi connectivity index (χ2v) is 3.19. The van der Waals surface area contributed by atoms with Gasteiger partial charge in [0.1, 0.15) is 12.1 Å². The van der Waals surface area contributed by atoms with Gasteiger partial charge in [-0.15, -0.1) is 0 Å². The molecular weight excluding hydrogens is 200 g/mol. The number of nitrogens with two attached hydrogens (primary N) is 2. The lowest BCUT2D eigenvalue weighted by Gasteiger charge is -2.11. The summed E-state index contributed by atoms with van der Waals surface area (Å²) in [7, 11) is 2.56. The predicted molar refractivity (Wildman–Crippen MR) is 53.8 cm³/mol. The van der Waals surface area contributed by atoms with Gasteiger partial charge < -0.3 is 20.9 Å². The second-order valence-electron chi connectivity index (χ2n) is 3.19. The summed E-state index contributed by atoms with van der Waals surface area (Å²) in [5.41, 5.74) is 11.0. The van der Waals surface area contributed by atoms with Crippen molar-refractivity contribution in [1.29, 1.82) is 0 Å². The second kappa shape index (κ2) is 7.19. The third kappa shape index (κ3) is 5.34. The van der Waals surface area contributed by atoms with Crippen molar-refractivity contribution in [2.24, 2.45) is 11.5 Å². The summed E-state index contributed by atoms with van der Waals surface area (Å²) in [5.74, 6) is -0.914. The highest BCUT2D eigenvalue weighted by atomic mass is 16.5. The van der Waals surface area contributed by atoms with Crippen molar-refractivity contribution in [3.63, 3.8) is 0 Å². The van der Waals surface area contributed by atoms with Gasteiger partial charge in [0.25, 0.3) is 0 Å². The molecule has 0 radical (unpaired) electrons. The molecule has 0 aliphatic rings. The lowest BCUT2D eigenvalue weighted by atomic mass is 10.1. The van der Waals surface area contributed by atoms with Crippen molar-refractivity contribution in [3.05, 3.63) is 0 Å². The number of esters is 2. The van der Waals surface area contributed by atoms with Crippen LogP contribution in [0.4, 0.5) is 0 Å². The maximum atomic E-state index is 10.9. The Morgan fingerprint density at radius 2 is 1.33 bits per heavy atom. The summed E-state index contributed by atoms with van der Waals surface area (Å²) in [5, 5.41) is 0. The predicted octanol–water partition coefficient (Wildman–Crippen LogP) is -0.843. The van der Waals surface area contributed by atoms with E-state index in [1.54, 1.807) is 0 Å². The molecule has 0 bridgehead atoms. The van der Waals surface area contributed by atoms with Gasteiger partial charge >= 0.3 is 11.9 Å². The van der Waals surface area contributed by atoms with Crippen LogP contribution in [0.5, 0.6) is 0 Å². The number of rotatable bonds is 6. The summed E-state index contributed by atoms with van der Waals surface area (Å²) < 4.78 is 8.90. The maximum absolute atomic E-state index is 10.9. The summed E-state index contributed by atoms with van der Waals surface area (Å²) in [6.45, 7) is 0. The van der Waals surface area contributed by atoms with Crippen LogP contribution >= 0.6 is 0 Å². The van der Waals surface area contributed by atoms with Crippen LogP contribution in [0.3, 0.4) is 0 Å². The van der Waals surface area contributed by atoms with Gasteiger partial charge in [-0.1, -0.05) is 0 Å². The van der Waals surface area contributed by atoms with Gasteiger partial charge in [-0.05, 0) is 19.3 Å². The first-order valence-electron chi connectivity index (χ1n) is 4.69. The molecule has 0 fully saturated rings. The van der Waals surface area contributed by atoms with Crippen LogP contribution in [0.2, 0.25) is 0 Å². The van der Waals surface area contributed by atoms with Crippen LogP contribution in [-0.2, 0) is 19.1 Å². The minimum atomic E-state index is -0.653. The average Bonchev–Trinajstić information content (AvgIpc) is 2.26. The fraction of sp³-hybridized carbons (Fsp3) is 0.778. The Labute approximate surface area is 88.9 Å². The molecule has 0 aliphatic carbocycles. The lowest BCUT2D eigenvalue weighted by Crippen LogP contribution is -2.34. The maximum Gasteiger partial charge on any atom is 0.322 e. The van der Waals surface area contributed by atoms with E-state index < -0.39 is 24.0 Å². The third-order valence-electron chi connectivity index (χ3n) is 2.04. The van der Waals surface area contributed by atoms with Crippen LogP contribution < -0.4 is 11.5 Å². The Hall–Kier alpha value is -1.14. The van der Waals surface area contributed by atoms with Crippen molar-refractivity contribution in [1.82, 2.24) is 0 Å². The summed E-state index contributed by atoms with van der Waals surface area (Å²) >= 11 is 0. The van der Waals surface area contributed by atoms with Crippen LogP contribution in [0.1, 0.15) is 19.3 Å². The van der Waals surface area contributed by atoms with E-state index in [9.17, 15) is 9.59 Å². The molecule has 2 atom stereocenters. The minimum absolute atomic E-state index is 0.442. The fourth-order valence-corrected chi connectivity index (χ4v) is 1.10. The van der Waals surface area contributed by atoms with Gasteiger partial charge in [-0.25, -0.2) is 0 Å². The summed E-state index contributed by atoms with van der Waals surface area (Å²) in [4.78, 5) is 21.8. The van der Waals surface area contributed by atoms with Gasteiger partial charge in [0.05, 0.1) is 14.2 Å². The van der Waals surface area contributed by atoms with E-state index in [1.165, 1.54) is 14.2 Å². The van der Waals surface area contributed by atoms with Crippen LogP contribution in [-0.4, -0.2) is 38.2 Å². The standard InChI is InChI=1S/C9H18N2O4/c1-14-8(12)6(10)4-3-5-7(11)9(13)15-2/h6-7H,3-5,10-11H2,1-2H3/t6-,7-/m0/s1. The van der Waals surface area contributed by atoms with E-state index in [1.807, 2.05) is 0 Å². The van der Waals surface area contributed by atoms with Crippen molar-refractivity contribution < 1.29 is 19.1 Å². The summed E-state index contributed by atoms with van der Waals surface area (Å²) in [6.07, 6.45) is 1.46. The van der Waals surface area contributed by atoms with Gasteiger partial charge in [-0.3, -0.25) is 9.59 Å². The zero-order chi connectivity index (χ0) is 11.8. The Balaban J connectivity index is 3.70. The highest BCUT2D eigenvalue weighted by molar-refractivity contribution is 5.75. The first-order chi connectivity index (χ1) is 7.02. The topological polar surface area (TPSA) is 105 Å². The van der Waals surface area contributed by atoms with Gasteiger partial charge in [0.15, 0.2) is 0 Å². The molecule has 0 saturated carbocycles. The first-order valence-corrected chi connectivity index (χ1v) is 4.69. The molecule has 0 aliphatic heterocycles. The van der Waals surface area contributed by atoms with Crippen LogP contribution in [0.25, 0.3) is 0 Å². The molecule has 0 aromatic rings. The van der Waals surface area contributed by atoms with E-state index in [4.69, 9.17) is 11.5 Å². The van der Waals surface area contributed by atoms with E-state index in [0.29, 0.717) is 19.3 Å². The van der Waals surface area contributed by atoms with E-state index >= 15 is 0 Å². The third-order valence-corrected chi connectivity index (χ3v) is 2.04. The number of hydrogen-bond acceptors (Lipinski definition) is 6. The smallest absolute Gasteiger partial charge is 0.322 e. The molecule has 0 unspecified atom stereocenters. The monoisotopic (exact) mass is 218 g/mol. The first kappa shape index (κ1) is 13.9. The quantitative estimate of drug-likeness (QED) is 0.563. The van der Waals surface area contributed by atoms with E-state index in [-0.39, 0.29) is 0 Å². The molecule has 88 valence electrons. The Bertz CT molecular complexity index is 198. The molecule has 0 aromatic heterocycles. The number of hydrogen-bond donors (Lipinski definition) is 2. The molecule has 0 amide bonds. The van der Waals surface area contributed by atoms with E-state index in [2.05, 4.69) is 9.47 Å². The fourth-order valence-electron chi connectivity index (χ4n) is 1.10. The van der Waals surface area contributed by atoms with Gasteiger partial charge in [-0.2, -0.15) is 0 Å². The number of methoxy groups -OCH3 is 2. The Kier molecular flexibility index (Phi) is 6.64. The molecule has 0 saturated heterocycles. The van der Waals surface area contributed by atoms with Crippen molar-refractivity contribution >= 4 is 11.9 Å². The van der Waals surface area contributed by atoms with Crippen LogP contribution in [0.15, 0.2) is 0 Å². The van der Waals surface area contributed by atoms with Gasteiger partial charge in [0, 0.05) is 0 Å². The summed E-state index contributed by atoms with van der Waals surface area (Å²) in [6, 6.07) is -1.31. The largest absolute Gasteiger partial charge is 0.468 e. The lowest BCUT2D eigenvalue weighted by molar-refractivity contribution is -0.142.